The number of hydrogen-bond donors (Lipinski definition) is 1. The van der Waals surface area contributed by atoms with Crippen molar-refractivity contribution < 1.29 is 0 Å². The lowest BCUT2D eigenvalue weighted by Gasteiger charge is -2.49. The molecule has 2 unspecified atom stereocenters. The first-order chi connectivity index (χ1) is 4.36. The molecule has 0 spiro atoms. The molecule has 3 fully saturated rings. The molecule has 2 atom stereocenters. The minimum Gasteiger partial charge on any atom is -0.454 e. The predicted octanol–water partition coefficient (Wildman–Crippen LogP) is 0.214. The largest absolute Gasteiger partial charge is 0.454 e. The summed E-state index contributed by atoms with van der Waals surface area (Å²) in [6.07, 6.45) is 2.71. The van der Waals surface area contributed by atoms with Gasteiger partial charge in [0.05, 0.1) is 0 Å². The lowest BCUT2D eigenvalue weighted by Crippen LogP contribution is -2.58. The van der Waals surface area contributed by atoms with Crippen LogP contribution in [0, 0.1) is 7.05 Å². The number of nitrogens with one attached hydrogen (secondary N) is 1. The zero-order valence-corrected chi connectivity index (χ0v) is 5.64. The van der Waals surface area contributed by atoms with Gasteiger partial charge in [-0.05, 0) is 25.4 Å². The van der Waals surface area contributed by atoms with Gasteiger partial charge < -0.3 is 10.2 Å². The predicted molar refractivity (Wildman–Crippen MR) is 36.9 cm³/mol. The van der Waals surface area contributed by atoms with Crippen molar-refractivity contribution in [1.29, 1.82) is 0 Å². The fourth-order valence-corrected chi connectivity index (χ4v) is 1.80. The second-order valence-electron chi connectivity index (χ2n) is 3.11. The second kappa shape index (κ2) is 1.96. The van der Waals surface area contributed by atoms with Gasteiger partial charge in [0.15, 0.2) is 0 Å². The van der Waals surface area contributed by atoms with Crippen molar-refractivity contribution in [3.8, 4) is 0 Å². The summed E-state index contributed by atoms with van der Waals surface area (Å²) in [4.78, 5) is 2.23. The average molecular weight is 125 g/mol. The number of piperidine rings is 2. The molecule has 3 aliphatic rings. The molecule has 3 saturated heterocycles. The molecule has 2 nitrogen and oxygen atoms in total. The standard InChI is InChI=1S/C7H13N2/c1-9-5-6-2-3-7(9)4-8-6/h6-8H,1-5H2/q-1. The Morgan fingerprint density at radius 3 is 2.56 bits per heavy atom. The van der Waals surface area contributed by atoms with Crippen LogP contribution in [0.4, 0.5) is 0 Å². The van der Waals surface area contributed by atoms with Gasteiger partial charge in [0.25, 0.3) is 0 Å². The Morgan fingerprint density at radius 2 is 2.33 bits per heavy atom. The molecule has 3 heterocycles. The Bertz CT molecular complexity index is 105. The first-order valence-corrected chi connectivity index (χ1v) is 3.67. The molecule has 0 radical (unpaired) electrons. The summed E-state index contributed by atoms with van der Waals surface area (Å²) in [5.74, 6) is 0. The zero-order valence-electron chi connectivity index (χ0n) is 5.64. The summed E-state index contributed by atoms with van der Waals surface area (Å²) in [6.45, 7) is 2.32. The third kappa shape index (κ3) is 0.864. The van der Waals surface area contributed by atoms with Gasteiger partial charge in [-0.3, -0.25) is 7.05 Å². The van der Waals surface area contributed by atoms with E-state index in [1.807, 2.05) is 0 Å². The molecule has 2 bridgehead atoms. The zero-order chi connectivity index (χ0) is 6.27. The van der Waals surface area contributed by atoms with Crippen LogP contribution in [-0.4, -0.2) is 30.1 Å². The van der Waals surface area contributed by atoms with Crippen LogP contribution in [0.5, 0.6) is 0 Å². The van der Waals surface area contributed by atoms with Crippen LogP contribution in [-0.2, 0) is 0 Å². The fourth-order valence-electron chi connectivity index (χ4n) is 1.80. The Kier molecular flexibility index (Phi) is 1.24. The van der Waals surface area contributed by atoms with Crippen LogP contribution in [0.3, 0.4) is 0 Å². The molecule has 3 rings (SSSR count). The van der Waals surface area contributed by atoms with E-state index in [0.717, 1.165) is 25.2 Å². The average Bonchev–Trinajstić information content (AvgIpc) is 1.90. The van der Waals surface area contributed by atoms with E-state index in [-0.39, 0.29) is 0 Å². The minimum atomic E-state index is 0.731. The van der Waals surface area contributed by atoms with Crippen molar-refractivity contribution in [2.45, 2.75) is 24.9 Å². The van der Waals surface area contributed by atoms with E-state index < -0.39 is 0 Å². The van der Waals surface area contributed by atoms with E-state index in [1.54, 1.807) is 0 Å². The first kappa shape index (κ1) is 5.69. The molecule has 52 valence electrons. The number of hydrogen-bond acceptors (Lipinski definition) is 2. The molecule has 9 heavy (non-hydrogen) atoms. The van der Waals surface area contributed by atoms with Gasteiger partial charge in [0.1, 0.15) is 0 Å². The van der Waals surface area contributed by atoms with E-state index in [2.05, 4.69) is 17.3 Å². The maximum Gasteiger partial charge on any atom is 0.0172 e. The Labute approximate surface area is 56.2 Å². The van der Waals surface area contributed by atoms with E-state index in [9.17, 15) is 0 Å². The molecule has 0 aromatic heterocycles. The summed E-state index contributed by atoms with van der Waals surface area (Å²) in [7, 11) is 3.97. The number of fused-ring (bicyclic) bond motifs is 3. The third-order valence-corrected chi connectivity index (χ3v) is 2.46. The molecule has 1 N–H and O–H groups in total. The minimum absolute atomic E-state index is 0.731. The quantitative estimate of drug-likeness (QED) is 0.466. The van der Waals surface area contributed by atoms with Gasteiger partial charge in [0.2, 0.25) is 0 Å². The van der Waals surface area contributed by atoms with E-state index in [0.29, 0.717) is 0 Å². The smallest absolute Gasteiger partial charge is 0.0172 e. The number of nitrogens with zero attached hydrogens (tertiary/aromatic N) is 1. The van der Waals surface area contributed by atoms with Crippen LogP contribution >= 0.6 is 0 Å². The van der Waals surface area contributed by atoms with Crippen LogP contribution in [0.25, 0.3) is 0 Å². The SMILES string of the molecule is [CH2-]N1CC2CCC1CN2. The van der Waals surface area contributed by atoms with Crippen molar-refractivity contribution in [2.75, 3.05) is 13.1 Å². The van der Waals surface area contributed by atoms with Crippen molar-refractivity contribution in [3.63, 3.8) is 0 Å². The summed E-state index contributed by atoms with van der Waals surface area (Å²) < 4.78 is 0. The van der Waals surface area contributed by atoms with E-state index in [1.165, 1.54) is 12.8 Å². The van der Waals surface area contributed by atoms with E-state index >= 15 is 0 Å². The first-order valence-electron chi connectivity index (χ1n) is 3.67. The highest BCUT2D eigenvalue weighted by molar-refractivity contribution is 4.92. The number of rotatable bonds is 0. The highest BCUT2D eigenvalue weighted by Gasteiger charge is 2.27. The molecule has 0 aromatic rings. The molecule has 2 heteroatoms. The molecular formula is C7H13N2-. The Balaban J connectivity index is 2.06. The number of piperazine rings is 1. The summed E-state index contributed by atoms with van der Waals surface area (Å²) in [5, 5.41) is 3.47. The van der Waals surface area contributed by atoms with Crippen molar-refractivity contribution in [1.82, 2.24) is 10.2 Å². The Morgan fingerprint density at radius 1 is 1.44 bits per heavy atom. The van der Waals surface area contributed by atoms with Gasteiger partial charge in [-0.2, -0.15) is 0 Å². The van der Waals surface area contributed by atoms with Crippen LogP contribution in [0.1, 0.15) is 12.8 Å². The molecule has 0 aromatic carbocycles. The normalized spacial score (nSPS) is 43.7. The van der Waals surface area contributed by atoms with Gasteiger partial charge in [-0.15, -0.1) is 0 Å². The molecule has 0 saturated carbocycles. The second-order valence-corrected chi connectivity index (χ2v) is 3.11. The maximum absolute atomic E-state index is 3.97. The van der Waals surface area contributed by atoms with Crippen molar-refractivity contribution in [2.24, 2.45) is 0 Å². The van der Waals surface area contributed by atoms with Crippen molar-refractivity contribution >= 4 is 0 Å². The highest BCUT2D eigenvalue weighted by Crippen LogP contribution is 2.20. The summed E-state index contributed by atoms with van der Waals surface area (Å²) in [5.41, 5.74) is 0. The molecule has 0 aliphatic carbocycles. The molecular weight excluding hydrogens is 112 g/mol. The highest BCUT2D eigenvalue weighted by atomic mass is 15.2. The Hall–Kier alpha value is -0.0800. The van der Waals surface area contributed by atoms with Gasteiger partial charge in [0, 0.05) is 12.6 Å². The molecule has 0 amide bonds. The van der Waals surface area contributed by atoms with Crippen molar-refractivity contribution in [3.05, 3.63) is 7.05 Å². The summed E-state index contributed by atoms with van der Waals surface area (Å²) in [6, 6.07) is 1.47. The summed E-state index contributed by atoms with van der Waals surface area (Å²) >= 11 is 0. The van der Waals surface area contributed by atoms with Crippen LogP contribution in [0.2, 0.25) is 0 Å². The van der Waals surface area contributed by atoms with Gasteiger partial charge >= 0.3 is 0 Å². The van der Waals surface area contributed by atoms with Gasteiger partial charge in [-0.1, -0.05) is 0 Å². The maximum atomic E-state index is 3.97. The van der Waals surface area contributed by atoms with Gasteiger partial charge in [-0.25, -0.2) is 0 Å². The lowest BCUT2D eigenvalue weighted by molar-refractivity contribution is 0.118. The third-order valence-electron chi connectivity index (χ3n) is 2.46. The van der Waals surface area contributed by atoms with Crippen LogP contribution in [0.15, 0.2) is 0 Å². The molecule has 3 aliphatic heterocycles. The monoisotopic (exact) mass is 125 g/mol. The van der Waals surface area contributed by atoms with Crippen LogP contribution < -0.4 is 5.32 Å². The van der Waals surface area contributed by atoms with E-state index in [4.69, 9.17) is 0 Å². The topological polar surface area (TPSA) is 15.3 Å². The fraction of sp³-hybridized carbons (Fsp3) is 0.857. The lowest BCUT2D eigenvalue weighted by atomic mass is 9.94.